The van der Waals surface area contributed by atoms with E-state index in [1.165, 1.54) is 0 Å². The monoisotopic (exact) mass is 312 g/mol. The Kier molecular flexibility index (Phi) is 4.96. The van der Waals surface area contributed by atoms with Gasteiger partial charge in [0, 0.05) is 11.5 Å². The standard InChI is InChI=1S/C19H24N2O2/c1-13(14-8-4-3-5-9-14)19(22)21-16-12-23-17-11-7-6-10-15(17)18(16)20-2/h3-11,13,16,18-22H,12H2,1-2H3/t13-,16?,18?,19?/m0/s1. The second-order valence-electron chi connectivity index (χ2n) is 6.03. The lowest BCUT2D eigenvalue weighted by Crippen LogP contribution is -2.52. The maximum absolute atomic E-state index is 10.6. The number of nitrogens with one attached hydrogen (secondary N) is 2. The van der Waals surface area contributed by atoms with E-state index in [2.05, 4.69) is 16.7 Å². The highest BCUT2D eigenvalue weighted by molar-refractivity contribution is 5.38. The van der Waals surface area contributed by atoms with E-state index in [9.17, 15) is 5.11 Å². The number of aliphatic hydroxyl groups excluding tert-OH is 1. The van der Waals surface area contributed by atoms with Gasteiger partial charge in [-0.1, -0.05) is 55.5 Å². The zero-order valence-corrected chi connectivity index (χ0v) is 13.6. The van der Waals surface area contributed by atoms with E-state index < -0.39 is 6.23 Å². The summed E-state index contributed by atoms with van der Waals surface area (Å²) in [4.78, 5) is 0. The molecule has 1 aliphatic heterocycles. The topological polar surface area (TPSA) is 53.5 Å². The first-order valence-corrected chi connectivity index (χ1v) is 8.08. The van der Waals surface area contributed by atoms with Crippen LogP contribution in [0.15, 0.2) is 54.6 Å². The largest absolute Gasteiger partial charge is 0.492 e. The van der Waals surface area contributed by atoms with Crippen LogP contribution < -0.4 is 15.4 Å². The first-order chi connectivity index (χ1) is 11.2. The van der Waals surface area contributed by atoms with Crippen LogP contribution in [0.5, 0.6) is 5.75 Å². The lowest BCUT2D eigenvalue weighted by atomic mass is 9.94. The molecule has 122 valence electrons. The molecule has 0 fully saturated rings. The van der Waals surface area contributed by atoms with Crippen LogP contribution in [0.1, 0.15) is 30.0 Å². The van der Waals surface area contributed by atoms with Crippen molar-refractivity contribution in [2.75, 3.05) is 13.7 Å². The molecule has 1 heterocycles. The van der Waals surface area contributed by atoms with Gasteiger partial charge in [0.1, 0.15) is 18.6 Å². The third-order valence-electron chi connectivity index (χ3n) is 4.57. The molecule has 23 heavy (non-hydrogen) atoms. The van der Waals surface area contributed by atoms with Crippen molar-refractivity contribution in [2.24, 2.45) is 0 Å². The fourth-order valence-electron chi connectivity index (χ4n) is 3.17. The summed E-state index contributed by atoms with van der Waals surface area (Å²) in [6, 6.07) is 18.2. The van der Waals surface area contributed by atoms with Crippen molar-refractivity contribution in [3.63, 3.8) is 0 Å². The Hall–Kier alpha value is -1.88. The summed E-state index contributed by atoms with van der Waals surface area (Å²) in [5, 5.41) is 17.3. The number of rotatable bonds is 5. The van der Waals surface area contributed by atoms with E-state index in [4.69, 9.17) is 4.74 Å². The molecule has 3 unspecified atom stereocenters. The molecule has 2 aromatic carbocycles. The van der Waals surface area contributed by atoms with Crippen LogP contribution in [-0.4, -0.2) is 31.0 Å². The first kappa shape index (κ1) is 16.0. The molecule has 4 nitrogen and oxygen atoms in total. The minimum absolute atomic E-state index is 0.00544. The van der Waals surface area contributed by atoms with Gasteiger partial charge < -0.3 is 15.2 Å². The van der Waals surface area contributed by atoms with Crippen LogP contribution in [0.4, 0.5) is 0 Å². The molecule has 0 aromatic heterocycles. The summed E-state index contributed by atoms with van der Waals surface area (Å²) in [6.07, 6.45) is -0.632. The van der Waals surface area contributed by atoms with Crippen molar-refractivity contribution < 1.29 is 9.84 Å². The van der Waals surface area contributed by atoms with E-state index in [-0.39, 0.29) is 18.0 Å². The lowest BCUT2D eigenvalue weighted by Gasteiger charge is -2.36. The zero-order chi connectivity index (χ0) is 16.2. The first-order valence-electron chi connectivity index (χ1n) is 8.08. The molecular formula is C19H24N2O2. The van der Waals surface area contributed by atoms with E-state index in [1.54, 1.807) is 0 Å². The number of para-hydroxylation sites is 1. The smallest absolute Gasteiger partial charge is 0.124 e. The summed E-state index contributed by atoms with van der Waals surface area (Å²) in [6.45, 7) is 2.56. The van der Waals surface area contributed by atoms with E-state index in [0.29, 0.717) is 6.61 Å². The van der Waals surface area contributed by atoms with Crippen LogP contribution in [0.3, 0.4) is 0 Å². The quantitative estimate of drug-likeness (QED) is 0.742. The van der Waals surface area contributed by atoms with Crippen LogP contribution in [0.2, 0.25) is 0 Å². The highest BCUT2D eigenvalue weighted by Gasteiger charge is 2.32. The molecule has 0 amide bonds. The Morgan fingerprint density at radius 3 is 2.52 bits per heavy atom. The molecule has 4 heteroatoms. The van der Waals surface area contributed by atoms with Crippen molar-refractivity contribution in [3.8, 4) is 5.75 Å². The number of likely N-dealkylation sites (N-methyl/N-ethyl adjacent to an activating group) is 1. The van der Waals surface area contributed by atoms with Crippen molar-refractivity contribution in [1.82, 2.24) is 10.6 Å². The van der Waals surface area contributed by atoms with Crippen molar-refractivity contribution in [1.29, 1.82) is 0 Å². The van der Waals surface area contributed by atoms with Crippen molar-refractivity contribution in [3.05, 3.63) is 65.7 Å². The number of benzene rings is 2. The predicted molar refractivity (Wildman–Crippen MR) is 91.5 cm³/mol. The Morgan fingerprint density at radius 2 is 1.78 bits per heavy atom. The molecule has 2 aromatic rings. The maximum atomic E-state index is 10.6. The number of aliphatic hydroxyl groups is 1. The Bertz CT molecular complexity index is 632. The van der Waals surface area contributed by atoms with Gasteiger partial charge in [-0.25, -0.2) is 0 Å². The molecule has 1 aliphatic rings. The maximum Gasteiger partial charge on any atom is 0.124 e. The molecular weight excluding hydrogens is 288 g/mol. The van der Waals surface area contributed by atoms with Gasteiger partial charge >= 0.3 is 0 Å². The normalized spacial score (nSPS) is 22.7. The summed E-state index contributed by atoms with van der Waals surface area (Å²) in [5.41, 5.74) is 2.24. The number of fused-ring (bicyclic) bond motifs is 1. The highest BCUT2D eigenvalue weighted by atomic mass is 16.5. The van der Waals surface area contributed by atoms with Crippen LogP contribution in [0, 0.1) is 0 Å². The summed E-state index contributed by atoms with van der Waals surface area (Å²) in [7, 11) is 1.94. The fraction of sp³-hybridized carbons (Fsp3) is 0.368. The number of ether oxygens (including phenoxy) is 1. The Balaban J connectivity index is 1.72. The summed E-state index contributed by atoms with van der Waals surface area (Å²) in [5.74, 6) is 0.918. The summed E-state index contributed by atoms with van der Waals surface area (Å²) >= 11 is 0. The molecule has 0 aliphatic carbocycles. The van der Waals surface area contributed by atoms with Crippen molar-refractivity contribution in [2.45, 2.75) is 31.2 Å². The number of hydrogen-bond donors (Lipinski definition) is 3. The molecule has 0 spiro atoms. The van der Waals surface area contributed by atoms with Crippen molar-refractivity contribution >= 4 is 0 Å². The highest BCUT2D eigenvalue weighted by Crippen LogP contribution is 2.32. The van der Waals surface area contributed by atoms with E-state index >= 15 is 0 Å². The van der Waals surface area contributed by atoms with E-state index in [0.717, 1.165) is 16.9 Å². The Labute approximate surface area is 137 Å². The second kappa shape index (κ2) is 7.13. The molecule has 0 radical (unpaired) electrons. The predicted octanol–water partition coefficient (Wildman–Crippen LogP) is 2.42. The van der Waals surface area contributed by atoms with Gasteiger partial charge in [-0.3, -0.25) is 5.32 Å². The van der Waals surface area contributed by atoms with Gasteiger partial charge in [-0.2, -0.15) is 0 Å². The molecule has 0 saturated carbocycles. The van der Waals surface area contributed by atoms with Gasteiger partial charge in [0.25, 0.3) is 0 Å². The average molecular weight is 312 g/mol. The molecule has 0 saturated heterocycles. The van der Waals surface area contributed by atoms with Gasteiger partial charge in [0.15, 0.2) is 0 Å². The minimum Gasteiger partial charge on any atom is -0.492 e. The van der Waals surface area contributed by atoms with Crippen LogP contribution in [-0.2, 0) is 0 Å². The molecule has 3 N–H and O–H groups in total. The third kappa shape index (κ3) is 3.39. The second-order valence-corrected chi connectivity index (χ2v) is 6.03. The average Bonchev–Trinajstić information content (AvgIpc) is 2.61. The van der Waals surface area contributed by atoms with Gasteiger partial charge in [-0.05, 0) is 18.7 Å². The zero-order valence-electron chi connectivity index (χ0n) is 13.6. The van der Waals surface area contributed by atoms with Crippen LogP contribution >= 0.6 is 0 Å². The van der Waals surface area contributed by atoms with Gasteiger partial charge in [0.05, 0.1) is 12.1 Å². The fourth-order valence-corrected chi connectivity index (χ4v) is 3.17. The van der Waals surface area contributed by atoms with Gasteiger partial charge in [-0.15, -0.1) is 0 Å². The number of hydrogen-bond acceptors (Lipinski definition) is 4. The third-order valence-corrected chi connectivity index (χ3v) is 4.57. The minimum atomic E-state index is -0.632. The van der Waals surface area contributed by atoms with Gasteiger partial charge in [0.2, 0.25) is 0 Å². The van der Waals surface area contributed by atoms with Crippen LogP contribution in [0.25, 0.3) is 0 Å². The van der Waals surface area contributed by atoms with E-state index in [1.807, 2.05) is 62.5 Å². The molecule has 3 rings (SSSR count). The molecule has 4 atom stereocenters. The molecule has 0 bridgehead atoms. The lowest BCUT2D eigenvalue weighted by molar-refractivity contribution is 0.0721. The summed E-state index contributed by atoms with van der Waals surface area (Å²) < 4.78 is 5.84. The Morgan fingerprint density at radius 1 is 1.09 bits per heavy atom. The SMILES string of the molecule is CNC1c2ccccc2OCC1NC(O)[C@@H](C)c1ccccc1.